The number of aromatic nitrogens is 1. The lowest BCUT2D eigenvalue weighted by molar-refractivity contribution is -0.659. The quantitative estimate of drug-likeness (QED) is 0.147. The molecule has 0 amide bonds. The SMILES string of the molecule is Cc1c2c(c(CC(C)(C)C)c3ccc(CC(C)(C)C)cc13)Sc1cc3c(CC4CCCC4)cccc3c3cc[n+](C)c-2c13. The smallest absolute Gasteiger partial charge is 0.200 e. The van der Waals surface area contributed by atoms with E-state index in [1.807, 2.05) is 11.8 Å². The Morgan fingerprint density at radius 3 is 2.26 bits per heavy atom. The zero-order valence-corrected chi connectivity index (χ0v) is 28.4. The molecule has 0 saturated heterocycles. The van der Waals surface area contributed by atoms with Crippen molar-refractivity contribution in [3.8, 4) is 11.3 Å². The molecule has 1 aromatic heterocycles. The van der Waals surface area contributed by atoms with Gasteiger partial charge in [0.25, 0.3) is 0 Å². The van der Waals surface area contributed by atoms with E-state index in [9.17, 15) is 0 Å². The Labute approximate surface area is 263 Å². The molecule has 1 fully saturated rings. The molecular weight excluding hydrogens is 539 g/mol. The van der Waals surface area contributed by atoms with Crippen molar-refractivity contribution in [3.63, 3.8) is 0 Å². The van der Waals surface area contributed by atoms with Crippen molar-refractivity contribution in [3.05, 3.63) is 77.0 Å². The molecule has 0 bridgehead atoms. The zero-order chi connectivity index (χ0) is 30.3. The zero-order valence-electron chi connectivity index (χ0n) is 27.6. The predicted octanol–water partition coefficient (Wildman–Crippen LogP) is 11.3. The lowest BCUT2D eigenvalue weighted by Crippen LogP contribution is -2.32. The van der Waals surface area contributed by atoms with Gasteiger partial charge < -0.3 is 0 Å². The summed E-state index contributed by atoms with van der Waals surface area (Å²) in [4.78, 5) is 2.91. The van der Waals surface area contributed by atoms with Gasteiger partial charge >= 0.3 is 0 Å². The largest absolute Gasteiger partial charge is 0.222 e. The van der Waals surface area contributed by atoms with E-state index in [0.717, 1.165) is 18.8 Å². The molecular formula is C41H48NS+. The summed E-state index contributed by atoms with van der Waals surface area (Å²) >= 11 is 2.05. The Hall–Kier alpha value is -2.84. The molecule has 1 aliphatic heterocycles. The molecule has 222 valence electrons. The fraction of sp³-hybridized carbons (Fsp3) is 0.439. The molecule has 1 aliphatic carbocycles. The molecule has 0 atom stereocenters. The van der Waals surface area contributed by atoms with E-state index in [0.29, 0.717) is 0 Å². The third-order valence-corrected chi connectivity index (χ3v) is 11.1. The van der Waals surface area contributed by atoms with Gasteiger partial charge in [-0.1, -0.05) is 115 Å². The summed E-state index contributed by atoms with van der Waals surface area (Å²) in [6.07, 6.45) is 11.3. The minimum Gasteiger partial charge on any atom is -0.200 e. The summed E-state index contributed by atoms with van der Waals surface area (Å²) in [5.74, 6) is 0.839. The Bertz CT molecular complexity index is 1910. The van der Waals surface area contributed by atoms with Crippen molar-refractivity contribution in [2.24, 2.45) is 23.8 Å². The molecule has 0 radical (unpaired) electrons. The first kappa shape index (κ1) is 28.9. The Morgan fingerprint density at radius 1 is 0.791 bits per heavy atom. The molecule has 4 aromatic carbocycles. The first-order valence-corrected chi connectivity index (χ1v) is 17.3. The molecule has 0 spiro atoms. The second-order valence-electron chi connectivity index (χ2n) is 16.1. The lowest BCUT2D eigenvalue weighted by atomic mass is 9.81. The Morgan fingerprint density at radius 2 is 1.53 bits per heavy atom. The van der Waals surface area contributed by atoms with Gasteiger partial charge in [-0.25, -0.2) is 4.57 Å². The second kappa shape index (κ2) is 10.4. The van der Waals surface area contributed by atoms with Crippen LogP contribution in [0.1, 0.15) is 89.5 Å². The van der Waals surface area contributed by atoms with Crippen LogP contribution in [0, 0.1) is 23.7 Å². The van der Waals surface area contributed by atoms with E-state index in [1.165, 1.54) is 102 Å². The number of hydrogen-bond donors (Lipinski definition) is 0. The summed E-state index contributed by atoms with van der Waals surface area (Å²) in [5.41, 5.74) is 9.22. The summed E-state index contributed by atoms with van der Waals surface area (Å²) in [5, 5.41) is 8.60. The van der Waals surface area contributed by atoms with Crippen LogP contribution in [0.2, 0.25) is 0 Å². The van der Waals surface area contributed by atoms with E-state index in [1.54, 1.807) is 5.56 Å². The van der Waals surface area contributed by atoms with Crippen molar-refractivity contribution in [2.75, 3.05) is 0 Å². The fourth-order valence-corrected chi connectivity index (χ4v) is 9.47. The molecule has 0 unspecified atom stereocenters. The van der Waals surface area contributed by atoms with Crippen LogP contribution in [0.25, 0.3) is 43.6 Å². The number of rotatable bonds is 4. The standard InChI is InChI=1S/C41H48NS/c1-25-32-21-27(23-40(2,3)4)16-17-30(32)34(24-41(5,6)7)39-36(25)38-37-31(18-19-42(38)8)29-15-11-14-28(20-26-12-9-10-13-26)33(29)22-35(37)43-39/h11,14-19,21-22,26H,9-10,12-13,20,23-24H2,1-8H3/q+1. The van der Waals surface area contributed by atoms with Gasteiger partial charge in [-0.05, 0) is 92.8 Å². The summed E-state index contributed by atoms with van der Waals surface area (Å²) in [6, 6.07) is 19.4. The number of nitrogens with zero attached hydrogens (tertiary/aromatic N) is 1. The highest BCUT2D eigenvalue weighted by atomic mass is 32.2. The number of pyridine rings is 1. The predicted molar refractivity (Wildman–Crippen MR) is 186 cm³/mol. The third kappa shape index (κ3) is 5.18. The third-order valence-electron chi connectivity index (χ3n) is 9.90. The van der Waals surface area contributed by atoms with Crippen LogP contribution in [-0.4, -0.2) is 0 Å². The summed E-state index contributed by atoms with van der Waals surface area (Å²) in [7, 11) is 2.25. The van der Waals surface area contributed by atoms with Gasteiger partial charge in [-0.3, -0.25) is 0 Å². The first-order valence-electron chi connectivity index (χ1n) is 16.5. The number of fused-ring (bicyclic) bond motifs is 5. The monoisotopic (exact) mass is 586 g/mol. The number of benzene rings is 4. The minimum atomic E-state index is 0.187. The highest BCUT2D eigenvalue weighted by Gasteiger charge is 2.34. The average molecular weight is 587 g/mol. The molecule has 2 heterocycles. The second-order valence-corrected chi connectivity index (χ2v) is 17.1. The topological polar surface area (TPSA) is 3.88 Å². The normalized spacial score (nSPS) is 15.6. The Kier molecular flexibility index (Phi) is 6.97. The van der Waals surface area contributed by atoms with E-state index in [2.05, 4.69) is 115 Å². The van der Waals surface area contributed by atoms with Crippen LogP contribution in [-0.2, 0) is 26.3 Å². The van der Waals surface area contributed by atoms with Crippen LogP contribution in [0.4, 0.5) is 0 Å². The van der Waals surface area contributed by atoms with Crippen LogP contribution < -0.4 is 4.57 Å². The van der Waals surface area contributed by atoms with Crippen LogP contribution in [0.5, 0.6) is 0 Å². The molecule has 43 heavy (non-hydrogen) atoms. The Balaban J connectivity index is 1.53. The van der Waals surface area contributed by atoms with Crippen molar-refractivity contribution >= 4 is 44.1 Å². The molecule has 2 heteroatoms. The van der Waals surface area contributed by atoms with E-state index in [4.69, 9.17) is 0 Å². The van der Waals surface area contributed by atoms with E-state index in [-0.39, 0.29) is 10.8 Å². The molecule has 7 rings (SSSR count). The summed E-state index contributed by atoms with van der Waals surface area (Å²) in [6.45, 7) is 16.6. The van der Waals surface area contributed by atoms with Gasteiger partial charge in [-0.2, -0.15) is 0 Å². The molecule has 0 N–H and O–H groups in total. The van der Waals surface area contributed by atoms with Crippen molar-refractivity contribution in [2.45, 2.75) is 103 Å². The molecule has 2 aliphatic rings. The van der Waals surface area contributed by atoms with Gasteiger partial charge in [0.1, 0.15) is 7.05 Å². The fourth-order valence-electron chi connectivity index (χ4n) is 8.11. The van der Waals surface area contributed by atoms with Gasteiger partial charge in [0, 0.05) is 21.2 Å². The van der Waals surface area contributed by atoms with Crippen LogP contribution in [0.15, 0.2) is 64.5 Å². The van der Waals surface area contributed by atoms with Gasteiger partial charge in [0.2, 0.25) is 5.69 Å². The first-order chi connectivity index (χ1) is 20.4. The van der Waals surface area contributed by atoms with Crippen LogP contribution >= 0.6 is 11.8 Å². The summed E-state index contributed by atoms with van der Waals surface area (Å²) < 4.78 is 2.40. The van der Waals surface area contributed by atoms with Crippen LogP contribution in [0.3, 0.4) is 0 Å². The molecule has 1 nitrogen and oxygen atoms in total. The maximum absolute atomic E-state index is 2.56. The maximum atomic E-state index is 2.56. The molecule has 5 aromatic rings. The van der Waals surface area contributed by atoms with Gasteiger partial charge in [0.15, 0.2) is 6.20 Å². The van der Waals surface area contributed by atoms with Crippen molar-refractivity contribution in [1.82, 2.24) is 0 Å². The minimum absolute atomic E-state index is 0.187. The van der Waals surface area contributed by atoms with Gasteiger partial charge in [-0.15, -0.1) is 0 Å². The highest BCUT2D eigenvalue weighted by Crippen LogP contribution is 2.54. The number of aryl methyl sites for hydroxylation is 2. The lowest BCUT2D eigenvalue weighted by Gasteiger charge is -2.28. The van der Waals surface area contributed by atoms with Crippen molar-refractivity contribution in [1.29, 1.82) is 0 Å². The maximum Gasteiger partial charge on any atom is 0.222 e. The average Bonchev–Trinajstić information content (AvgIpc) is 3.44. The highest BCUT2D eigenvalue weighted by molar-refractivity contribution is 8.00. The van der Waals surface area contributed by atoms with E-state index < -0.39 is 0 Å². The van der Waals surface area contributed by atoms with Gasteiger partial charge in [0.05, 0.1) is 10.9 Å². The molecule has 1 saturated carbocycles. The number of hydrogen-bond acceptors (Lipinski definition) is 1. The van der Waals surface area contributed by atoms with E-state index >= 15 is 0 Å². The van der Waals surface area contributed by atoms with Crippen molar-refractivity contribution < 1.29 is 4.57 Å².